The van der Waals surface area contributed by atoms with E-state index in [-0.39, 0.29) is 11.9 Å². The maximum atomic E-state index is 11.2. The van der Waals surface area contributed by atoms with Gasteiger partial charge in [0.1, 0.15) is 17.2 Å². The smallest absolute Gasteiger partial charge is 0.282 e. The lowest BCUT2D eigenvalue weighted by atomic mass is 10.1. The number of ether oxygens (including phenoxy) is 3. The molecule has 1 aromatic heterocycles. The highest BCUT2D eigenvalue weighted by Gasteiger charge is 2.11. The Bertz CT molecular complexity index is 991. The van der Waals surface area contributed by atoms with Crippen LogP contribution < -0.4 is 19.5 Å². The summed E-state index contributed by atoms with van der Waals surface area (Å²) in [5.41, 5.74) is 1.00. The number of rotatable bonds is 9. The average molecular weight is 491 g/mol. The number of nitrogens with zero attached hydrogens (tertiary/aromatic N) is 1. The van der Waals surface area contributed by atoms with Crippen molar-refractivity contribution in [2.45, 2.75) is 33.2 Å². The maximum Gasteiger partial charge on any atom is 0.282 e. The first kappa shape index (κ1) is 22.1. The van der Waals surface area contributed by atoms with Gasteiger partial charge in [0, 0.05) is 6.92 Å². The Morgan fingerprint density at radius 2 is 1.90 bits per heavy atom. The number of halogens is 1. The number of nitrogens with one attached hydrogen (secondary N) is 1. The van der Waals surface area contributed by atoms with Crippen LogP contribution in [-0.4, -0.2) is 17.5 Å². The Hall–Kier alpha value is -2.58. The summed E-state index contributed by atoms with van der Waals surface area (Å²) < 4.78 is 18.1. The molecule has 0 saturated heterocycles. The molecule has 0 fully saturated rings. The molecule has 0 bridgehead atoms. The van der Waals surface area contributed by atoms with Crippen LogP contribution in [0.4, 0.5) is 0 Å². The Labute approximate surface area is 188 Å². The number of carbonyl (C=O) groups is 1. The standard InChI is InChI=1S/C22H23BrN2O4S/c1-4-11-27-18-9-10-20(19(23)12-18)29-22-24-13-21(30-22)28-17-7-5-16(6-8-17)14(2)25-15(3)26/h5-10,12-14H,4,11H2,1-3H3,(H,25,26). The van der Waals surface area contributed by atoms with Gasteiger partial charge >= 0.3 is 0 Å². The predicted octanol–water partition coefficient (Wildman–Crippen LogP) is 6.48. The number of hydrogen-bond acceptors (Lipinski definition) is 6. The third kappa shape index (κ3) is 6.21. The Kier molecular flexibility index (Phi) is 7.70. The molecule has 0 aliphatic heterocycles. The van der Waals surface area contributed by atoms with Crippen molar-refractivity contribution >= 4 is 33.2 Å². The zero-order chi connectivity index (χ0) is 21.5. The van der Waals surface area contributed by atoms with E-state index in [1.807, 2.05) is 49.4 Å². The van der Waals surface area contributed by atoms with Crippen molar-refractivity contribution in [2.24, 2.45) is 0 Å². The molecule has 8 heteroatoms. The summed E-state index contributed by atoms with van der Waals surface area (Å²) in [7, 11) is 0. The van der Waals surface area contributed by atoms with Gasteiger partial charge in [-0.05, 0) is 76.5 Å². The summed E-state index contributed by atoms with van der Waals surface area (Å²) in [5, 5.41) is 3.95. The second-order valence-electron chi connectivity index (χ2n) is 6.58. The van der Waals surface area contributed by atoms with Gasteiger partial charge in [-0.3, -0.25) is 4.79 Å². The highest BCUT2D eigenvalue weighted by molar-refractivity contribution is 9.10. The van der Waals surface area contributed by atoms with Gasteiger partial charge in [-0.15, -0.1) is 0 Å². The minimum absolute atomic E-state index is 0.0582. The maximum absolute atomic E-state index is 11.2. The molecule has 0 aliphatic carbocycles. The molecule has 6 nitrogen and oxygen atoms in total. The fraction of sp³-hybridized carbons (Fsp3) is 0.273. The second-order valence-corrected chi connectivity index (χ2v) is 8.39. The number of hydrogen-bond donors (Lipinski definition) is 1. The summed E-state index contributed by atoms with van der Waals surface area (Å²) in [6, 6.07) is 13.1. The van der Waals surface area contributed by atoms with Crippen LogP contribution >= 0.6 is 27.3 Å². The molecule has 3 rings (SSSR count). The topological polar surface area (TPSA) is 69.7 Å². The van der Waals surface area contributed by atoms with Gasteiger partial charge in [-0.1, -0.05) is 19.1 Å². The lowest BCUT2D eigenvalue weighted by molar-refractivity contribution is -0.119. The van der Waals surface area contributed by atoms with E-state index in [1.165, 1.54) is 18.3 Å². The number of benzene rings is 2. The van der Waals surface area contributed by atoms with Crippen LogP contribution in [-0.2, 0) is 4.79 Å². The highest BCUT2D eigenvalue weighted by atomic mass is 79.9. The summed E-state index contributed by atoms with van der Waals surface area (Å²) in [6.07, 6.45) is 2.58. The van der Waals surface area contributed by atoms with E-state index in [1.54, 1.807) is 6.20 Å². The fourth-order valence-corrected chi connectivity index (χ4v) is 3.73. The summed E-state index contributed by atoms with van der Waals surface area (Å²) >= 11 is 4.81. The average Bonchev–Trinajstić information content (AvgIpc) is 3.15. The van der Waals surface area contributed by atoms with E-state index in [9.17, 15) is 4.79 Å². The quantitative estimate of drug-likeness (QED) is 0.371. The van der Waals surface area contributed by atoms with Gasteiger partial charge in [0.05, 0.1) is 23.3 Å². The second kappa shape index (κ2) is 10.4. The Morgan fingerprint density at radius 3 is 2.57 bits per heavy atom. The van der Waals surface area contributed by atoms with Crippen molar-refractivity contribution in [1.82, 2.24) is 10.3 Å². The molecule has 0 radical (unpaired) electrons. The van der Waals surface area contributed by atoms with Crippen LogP contribution in [0, 0.1) is 0 Å². The first-order chi connectivity index (χ1) is 14.4. The normalized spacial score (nSPS) is 11.6. The molecule has 0 aliphatic rings. The molecular weight excluding hydrogens is 468 g/mol. The first-order valence-corrected chi connectivity index (χ1v) is 11.2. The lowest BCUT2D eigenvalue weighted by Gasteiger charge is -2.13. The van der Waals surface area contributed by atoms with Crippen LogP contribution in [0.5, 0.6) is 27.5 Å². The van der Waals surface area contributed by atoms with E-state index in [0.717, 1.165) is 22.2 Å². The van der Waals surface area contributed by atoms with Crippen LogP contribution in [0.25, 0.3) is 0 Å². The molecule has 1 atom stereocenters. The van der Waals surface area contributed by atoms with E-state index in [0.29, 0.717) is 28.4 Å². The number of carbonyl (C=O) groups excluding carboxylic acids is 1. The van der Waals surface area contributed by atoms with Crippen LogP contribution in [0.15, 0.2) is 53.1 Å². The molecule has 30 heavy (non-hydrogen) atoms. The summed E-state index contributed by atoms with van der Waals surface area (Å²) in [4.78, 5) is 15.5. The highest BCUT2D eigenvalue weighted by Crippen LogP contribution is 2.37. The first-order valence-electron chi connectivity index (χ1n) is 9.55. The third-order valence-electron chi connectivity index (χ3n) is 4.06. The molecule has 0 spiro atoms. The van der Waals surface area contributed by atoms with E-state index in [2.05, 4.69) is 33.2 Å². The van der Waals surface area contributed by atoms with Gasteiger partial charge in [-0.2, -0.15) is 0 Å². The summed E-state index contributed by atoms with van der Waals surface area (Å²) in [5.74, 6) is 2.06. The van der Waals surface area contributed by atoms with Crippen molar-refractivity contribution in [3.05, 3.63) is 58.7 Å². The predicted molar refractivity (Wildman–Crippen MR) is 121 cm³/mol. The Morgan fingerprint density at radius 1 is 1.17 bits per heavy atom. The minimum atomic E-state index is -0.0604. The molecule has 1 unspecified atom stereocenters. The summed E-state index contributed by atoms with van der Waals surface area (Å²) in [6.45, 7) is 6.18. The molecule has 1 amide bonds. The Balaban J connectivity index is 1.61. The molecule has 3 aromatic rings. The largest absolute Gasteiger partial charge is 0.494 e. The van der Waals surface area contributed by atoms with E-state index < -0.39 is 0 Å². The molecule has 2 aromatic carbocycles. The van der Waals surface area contributed by atoms with Crippen molar-refractivity contribution in [2.75, 3.05) is 6.61 Å². The monoisotopic (exact) mass is 490 g/mol. The third-order valence-corrected chi connectivity index (χ3v) is 5.43. The van der Waals surface area contributed by atoms with Crippen LogP contribution in [0.3, 0.4) is 0 Å². The van der Waals surface area contributed by atoms with Crippen LogP contribution in [0.1, 0.15) is 38.8 Å². The lowest BCUT2D eigenvalue weighted by Crippen LogP contribution is -2.23. The van der Waals surface area contributed by atoms with Crippen molar-refractivity contribution in [3.63, 3.8) is 0 Å². The molecule has 1 heterocycles. The molecular formula is C22H23BrN2O4S. The zero-order valence-corrected chi connectivity index (χ0v) is 19.4. The van der Waals surface area contributed by atoms with Gasteiger partial charge in [-0.25, -0.2) is 4.98 Å². The zero-order valence-electron chi connectivity index (χ0n) is 17.0. The minimum Gasteiger partial charge on any atom is -0.494 e. The van der Waals surface area contributed by atoms with Crippen molar-refractivity contribution < 1.29 is 19.0 Å². The van der Waals surface area contributed by atoms with Gasteiger partial charge < -0.3 is 19.5 Å². The molecule has 1 N–H and O–H groups in total. The fourth-order valence-electron chi connectivity index (χ4n) is 2.64. The SMILES string of the molecule is CCCOc1ccc(Oc2ncc(Oc3ccc(C(C)NC(C)=O)cc3)s2)c(Br)c1. The van der Waals surface area contributed by atoms with Crippen molar-refractivity contribution in [1.29, 1.82) is 0 Å². The number of thiazole rings is 1. The van der Waals surface area contributed by atoms with Gasteiger partial charge in [0.2, 0.25) is 11.0 Å². The number of amides is 1. The van der Waals surface area contributed by atoms with E-state index in [4.69, 9.17) is 14.2 Å². The molecule has 0 saturated carbocycles. The molecule has 158 valence electrons. The van der Waals surface area contributed by atoms with E-state index >= 15 is 0 Å². The van der Waals surface area contributed by atoms with Gasteiger partial charge in [0.25, 0.3) is 5.19 Å². The van der Waals surface area contributed by atoms with Gasteiger partial charge in [0.15, 0.2) is 0 Å². The van der Waals surface area contributed by atoms with Crippen LogP contribution in [0.2, 0.25) is 0 Å². The van der Waals surface area contributed by atoms with Crippen molar-refractivity contribution in [3.8, 4) is 27.5 Å². The number of aromatic nitrogens is 1.